The predicted molar refractivity (Wildman–Crippen MR) is 77.2 cm³/mol. The molecule has 2 heteroatoms. The number of Topliss-reactive ketones (excluding diaryl/α,β-unsaturated/α-hetero) is 1. The molecular weight excluding hydrogens is 234 g/mol. The van der Waals surface area contributed by atoms with Crippen LogP contribution in [0.15, 0.2) is 36.7 Å². The summed E-state index contributed by atoms with van der Waals surface area (Å²) in [5.41, 5.74) is 0.803. The third-order valence-electron chi connectivity index (χ3n) is 4.32. The van der Waals surface area contributed by atoms with Gasteiger partial charge in [-0.2, -0.15) is 0 Å². The van der Waals surface area contributed by atoms with E-state index in [1.54, 1.807) is 6.20 Å². The molecule has 0 N–H and O–H groups in total. The second kappa shape index (κ2) is 5.12. The van der Waals surface area contributed by atoms with Crippen molar-refractivity contribution in [1.82, 2.24) is 4.98 Å². The van der Waals surface area contributed by atoms with Crippen LogP contribution in [0.3, 0.4) is 0 Å². The Morgan fingerprint density at radius 3 is 2.63 bits per heavy atom. The van der Waals surface area contributed by atoms with Gasteiger partial charge in [0.15, 0.2) is 5.78 Å². The summed E-state index contributed by atoms with van der Waals surface area (Å²) in [4.78, 5) is 16.9. The zero-order valence-electron chi connectivity index (χ0n) is 11.3. The summed E-state index contributed by atoms with van der Waals surface area (Å²) in [5, 5.41) is 2.10. The summed E-state index contributed by atoms with van der Waals surface area (Å²) in [6.07, 6.45) is 7.98. The second-order valence-electron chi connectivity index (χ2n) is 5.73. The van der Waals surface area contributed by atoms with Crippen LogP contribution < -0.4 is 0 Å². The Morgan fingerprint density at radius 2 is 1.84 bits per heavy atom. The quantitative estimate of drug-likeness (QED) is 0.749. The molecule has 2 nitrogen and oxygen atoms in total. The van der Waals surface area contributed by atoms with Crippen molar-refractivity contribution in [3.05, 3.63) is 42.2 Å². The van der Waals surface area contributed by atoms with Crippen LogP contribution in [0, 0.1) is 11.8 Å². The lowest BCUT2D eigenvalue weighted by Gasteiger charge is -2.25. The van der Waals surface area contributed by atoms with E-state index in [1.165, 1.54) is 12.8 Å². The van der Waals surface area contributed by atoms with E-state index in [0.717, 1.165) is 35.1 Å². The molecule has 1 aliphatic rings. The van der Waals surface area contributed by atoms with Crippen molar-refractivity contribution < 1.29 is 4.79 Å². The van der Waals surface area contributed by atoms with Crippen molar-refractivity contribution in [1.29, 1.82) is 0 Å². The van der Waals surface area contributed by atoms with Crippen molar-refractivity contribution in [2.45, 2.75) is 32.6 Å². The number of carbonyl (C=O) groups excluding carboxylic acids is 1. The molecule has 1 fully saturated rings. The van der Waals surface area contributed by atoms with Gasteiger partial charge >= 0.3 is 0 Å². The van der Waals surface area contributed by atoms with Crippen LogP contribution in [0.4, 0.5) is 0 Å². The minimum atomic E-state index is 0.198. The number of benzene rings is 1. The predicted octanol–water partition coefficient (Wildman–Crippen LogP) is 4.24. The Bertz CT molecular complexity index is 592. The van der Waals surface area contributed by atoms with Gasteiger partial charge in [0.25, 0.3) is 0 Å². The van der Waals surface area contributed by atoms with Crippen molar-refractivity contribution in [2.75, 3.05) is 0 Å². The Labute approximate surface area is 113 Å². The molecule has 1 aromatic heterocycles. The largest absolute Gasteiger partial charge is 0.294 e. The minimum absolute atomic E-state index is 0.198. The molecule has 98 valence electrons. The molecule has 0 amide bonds. The lowest BCUT2D eigenvalue weighted by Crippen LogP contribution is -2.21. The van der Waals surface area contributed by atoms with E-state index >= 15 is 0 Å². The molecule has 0 aliphatic heterocycles. The van der Waals surface area contributed by atoms with Crippen LogP contribution in [0.5, 0.6) is 0 Å². The number of ketones is 1. The highest BCUT2D eigenvalue weighted by atomic mass is 16.1. The molecule has 0 bridgehead atoms. The maximum atomic E-state index is 12.7. The fourth-order valence-electron chi connectivity index (χ4n) is 3.06. The Kier molecular flexibility index (Phi) is 3.33. The second-order valence-corrected chi connectivity index (χ2v) is 5.73. The Hall–Kier alpha value is -1.70. The normalized spacial score (nSPS) is 23.4. The Morgan fingerprint density at radius 1 is 1.11 bits per heavy atom. The first-order valence-corrected chi connectivity index (χ1v) is 7.12. The Balaban J connectivity index is 1.93. The highest BCUT2D eigenvalue weighted by Gasteiger charge is 2.26. The van der Waals surface area contributed by atoms with E-state index in [9.17, 15) is 4.79 Å². The highest BCUT2D eigenvalue weighted by Crippen LogP contribution is 2.32. The van der Waals surface area contributed by atoms with E-state index in [1.807, 2.05) is 30.5 Å². The molecule has 0 saturated heterocycles. The van der Waals surface area contributed by atoms with E-state index in [4.69, 9.17) is 0 Å². The fraction of sp³-hybridized carbons (Fsp3) is 0.412. The number of aromatic nitrogens is 1. The van der Waals surface area contributed by atoms with Gasteiger partial charge in [-0.05, 0) is 24.1 Å². The topological polar surface area (TPSA) is 30.0 Å². The maximum absolute atomic E-state index is 12.7. The molecule has 1 saturated carbocycles. The molecule has 0 unspecified atom stereocenters. The van der Waals surface area contributed by atoms with Gasteiger partial charge in [-0.15, -0.1) is 0 Å². The first-order chi connectivity index (χ1) is 9.25. The monoisotopic (exact) mass is 253 g/mol. The van der Waals surface area contributed by atoms with Crippen molar-refractivity contribution in [3.63, 3.8) is 0 Å². The first-order valence-electron chi connectivity index (χ1n) is 7.12. The summed E-state index contributed by atoms with van der Waals surface area (Å²) in [6, 6.07) is 8.01. The van der Waals surface area contributed by atoms with Gasteiger partial charge in [0.2, 0.25) is 0 Å². The number of pyridine rings is 1. The third kappa shape index (κ3) is 2.40. The number of hydrogen-bond acceptors (Lipinski definition) is 2. The van der Waals surface area contributed by atoms with E-state index in [2.05, 4.69) is 11.9 Å². The van der Waals surface area contributed by atoms with Gasteiger partial charge in [-0.3, -0.25) is 9.78 Å². The lowest BCUT2D eigenvalue weighted by atomic mass is 9.79. The van der Waals surface area contributed by atoms with Gasteiger partial charge in [0, 0.05) is 29.3 Å². The summed E-state index contributed by atoms with van der Waals surface area (Å²) in [6.45, 7) is 2.28. The molecule has 1 aliphatic carbocycles. The third-order valence-corrected chi connectivity index (χ3v) is 4.32. The average molecular weight is 253 g/mol. The molecule has 3 rings (SSSR count). The van der Waals surface area contributed by atoms with Crippen LogP contribution in [-0.4, -0.2) is 10.8 Å². The van der Waals surface area contributed by atoms with Gasteiger partial charge in [0.1, 0.15) is 0 Å². The minimum Gasteiger partial charge on any atom is -0.294 e. The van der Waals surface area contributed by atoms with Crippen LogP contribution >= 0.6 is 0 Å². The molecular formula is C17H19NO. The SMILES string of the molecule is CC1CCC(C(=O)c2cncc3ccccc23)CC1. The number of rotatable bonds is 2. The van der Waals surface area contributed by atoms with Crippen molar-refractivity contribution >= 4 is 16.6 Å². The first kappa shape index (κ1) is 12.3. The zero-order chi connectivity index (χ0) is 13.2. The van der Waals surface area contributed by atoms with Crippen LogP contribution in [0.25, 0.3) is 10.8 Å². The number of carbonyl (C=O) groups is 1. The van der Waals surface area contributed by atoms with Crippen LogP contribution in [0.1, 0.15) is 43.0 Å². The van der Waals surface area contributed by atoms with E-state index in [-0.39, 0.29) is 11.7 Å². The standard InChI is InChI=1S/C17H19NO/c1-12-6-8-13(9-7-12)17(19)16-11-18-10-14-4-2-3-5-15(14)16/h2-5,10-13H,6-9H2,1H3. The van der Waals surface area contributed by atoms with E-state index < -0.39 is 0 Å². The van der Waals surface area contributed by atoms with Crippen LogP contribution in [0.2, 0.25) is 0 Å². The maximum Gasteiger partial charge on any atom is 0.168 e. The van der Waals surface area contributed by atoms with Crippen LogP contribution in [-0.2, 0) is 0 Å². The number of hydrogen-bond donors (Lipinski definition) is 0. The molecule has 0 radical (unpaired) electrons. The summed E-state index contributed by atoms with van der Waals surface area (Å²) in [5.74, 6) is 1.26. The van der Waals surface area contributed by atoms with Gasteiger partial charge in [0.05, 0.1) is 0 Å². The zero-order valence-corrected chi connectivity index (χ0v) is 11.3. The van der Waals surface area contributed by atoms with Crippen molar-refractivity contribution in [2.24, 2.45) is 11.8 Å². The molecule has 0 atom stereocenters. The lowest BCUT2D eigenvalue weighted by molar-refractivity contribution is 0.0877. The highest BCUT2D eigenvalue weighted by molar-refractivity contribution is 6.08. The summed E-state index contributed by atoms with van der Waals surface area (Å²) >= 11 is 0. The average Bonchev–Trinajstić information content (AvgIpc) is 2.47. The smallest absolute Gasteiger partial charge is 0.168 e. The van der Waals surface area contributed by atoms with Crippen molar-refractivity contribution in [3.8, 4) is 0 Å². The van der Waals surface area contributed by atoms with Gasteiger partial charge < -0.3 is 0 Å². The molecule has 2 aromatic rings. The number of nitrogens with zero attached hydrogens (tertiary/aromatic N) is 1. The summed E-state index contributed by atoms with van der Waals surface area (Å²) in [7, 11) is 0. The molecule has 0 spiro atoms. The van der Waals surface area contributed by atoms with E-state index in [0.29, 0.717) is 0 Å². The molecule has 1 aromatic carbocycles. The number of fused-ring (bicyclic) bond motifs is 1. The molecule has 1 heterocycles. The molecule has 19 heavy (non-hydrogen) atoms. The van der Waals surface area contributed by atoms with Gasteiger partial charge in [-0.25, -0.2) is 0 Å². The summed E-state index contributed by atoms with van der Waals surface area (Å²) < 4.78 is 0. The van der Waals surface area contributed by atoms with Gasteiger partial charge in [-0.1, -0.05) is 44.0 Å². The fourth-order valence-corrected chi connectivity index (χ4v) is 3.06.